The summed E-state index contributed by atoms with van der Waals surface area (Å²) in [4.78, 5) is 22.3. The van der Waals surface area contributed by atoms with Crippen molar-refractivity contribution in [2.75, 3.05) is 50.8 Å². The molecule has 0 aliphatic carbocycles. The average molecular weight is 416 g/mol. The lowest BCUT2D eigenvalue weighted by Crippen LogP contribution is -2.52. The molecule has 1 aromatic carbocycles. The molecule has 1 N–H and O–H groups in total. The van der Waals surface area contributed by atoms with Gasteiger partial charge in [-0.2, -0.15) is 0 Å². The molecule has 8 nitrogen and oxygen atoms in total. The van der Waals surface area contributed by atoms with Crippen LogP contribution in [-0.2, 0) is 6.54 Å². The topological polar surface area (TPSA) is 71.9 Å². The van der Waals surface area contributed by atoms with Gasteiger partial charge in [0, 0.05) is 45.3 Å². The van der Waals surface area contributed by atoms with Crippen LogP contribution >= 0.6 is 12.2 Å². The van der Waals surface area contributed by atoms with Gasteiger partial charge in [-0.25, -0.2) is 4.98 Å². The first-order chi connectivity index (χ1) is 14.1. The molecule has 2 aliphatic rings. The Labute approximate surface area is 174 Å². The molecule has 0 spiro atoms. The van der Waals surface area contributed by atoms with Gasteiger partial charge in [0.2, 0.25) is 5.95 Å². The van der Waals surface area contributed by atoms with E-state index >= 15 is 0 Å². The van der Waals surface area contributed by atoms with Gasteiger partial charge in [-0.1, -0.05) is 6.08 Å². The molecular weight excluding hydrogens is 390 g/mol. The fourth-order valence-corrected chi connectivity index (χ4v) is 3.92. The largest absolute Gasteiger partial charge is 0.486 e. The van der Waals surface area contributed by atoms with Gasteiger partial charge in [0.05, 0.1) is 10.9 Å². The highest BCUT2D eigenvalue weighted by atomic mass is 32.1. The number of nitrogens with one attached hydrogen (secondary N) is 1. The van der Waals surface area contributed by atoms with E-state index in [1.807, 2.05) is 6.92 Å². The normalized spacial score (nSPS) is 16.0. The van der Waals surface area contributed by atoms with Gasteiger partial charge in [-0.15, -0.1) is 6.58 Å². The summed E-state index contributed by atoms with van der Waals surface area (Å²) in [5.74, 6) is 1.93. The number of nitrogens with zero attached hydrogens (tertiary/aromatic N) is 4. The van der Waals surface area contributed by atoms with Crippen LogP contribution in [0.4, 0.5) is 5.95 Å². The van der Waals surface area contributed by atoms with E-state index in [2.05, 4.69) is 21.7 Å². The first kappa shape index (κ1) is 19.5. The van der Waals surface area contributed by atoms with Crippen molar-refractivity contribution in [2.24, 2.45) is 0 Å². The minimum absolute atomic E-state index is 0.0601. The Morgan fingerprint density at radius 3 is 2.59 bits per heavy atom. The Hall–Kier alpha value is -2.81. The lowest BCUT2D eigenvalue weighted by atomic mass is 10.2. The smallest absolute Gasteiger partial charge is 0.262 e. The Balaban J connectivity index is 1.63. The maximum atomic E-state index is 13.1. The molecule has 154 valence electrons. The number of aromatic nitrogens is 2. The van der Waals surface area contributed by atoms with Crippen LogP contribution in [-0.4, -0.2) is 65.5 Å². The summed E-state index contributed by atoms with van der Waals surface area (Å²) in [5.41, 5.74) is 0.569. The van der Waals surface area contributed by atoms with E-state index < -0.39 is 0 Å². The van der Waals surface area contributed by atoms with E-state index in [0.29, 0.717) is 54.7 Å². The van der Waals surface area contributed by atoms with Crippen LogP contribution in [0, 0.1) is 0 Å². The summed E-state index contributed by atoms with van der Waals surface area (Å²) in [5, 5.41) is 4.44. The van der Waals surface area contributed by atoms with Crippen LogP contribution in [0.25, 0.3) is 10.9 Å². The molecule has 2 aromatic rings. The number of benzene rings is 1. The zero-order valence-corrected chi connectivity index (χ0v) is 17.3. The molecule has 0 amide bonds. The third-order valence-electron chi connectivity index (χ3n) is 5.16. The lowest BCUT2D eigenvalue weighted by molar-refractivity contribution is 0.172. The number of anilines is 1. The molecule has 1 aromatic heterocycles. The molecule has 3 heterocycles. The fraction of sp³-hybridized carbons (Fsp3) is 0.450. The van der Waals surface area contributed by atoms with E-state index in [9.17, 15) is 4.79 Å². The van der Waals surface area contributed by atoms with Gasteiger partial charge in [0.15, 0.2) is 16.6 Å². The molecule has 0 unspecified atom stereocenters. The van der Waals surface area contributed by atoms with Crippen LogP contribution in [0.3, 0.4) is 0 Å². The predicted molar refractivity (Wildman–Crippen MR) is 117 cm³/mol. The molecule has 9 heteroatoms. The molecule has 1 fully saturated rings. The number of rotatable bonds is 4. The van der Waals surface area contributed by atoms with Crippen molar-refractivity contribution in [3.8, 4) is 11.5 Å². The van der Waals surface area contributed by atoms with Crippen molar-refractivity contribution in [1.29, 1.82) is 0 Å². The first-order valence-corrected chi connectivity index (χ1v) is 10.3. The highest BCUT2D eigenvalue weighted by molar-refractivity contribution is 7.80. The Bertz CT molecular complexity index is 998. The van der Waals surface area contributed by atoms with Crippen molar-refractivity contribution in [3.63, 3.8) is 0 Å². The second-order valence-electron chi connectivity index (χ2n) is 6.92. The van der Waals surface area contributed by atoms with E-state index in [-0.39, 0.29) is 5.56 Å². The van der Waals surface area contributed by atoms with Gasteiger partial charge >= 0.3 is 0 Å². The van der Waals surface area contributed by atoms with Crippen molar-refractivity contribution < 1.29 is 9.47 Å². The van der Waals surface area contributed by atoms with Gasteiger partial charge in [-0.05, 0) is 25.2 Å². The quantitative estimate of drug-likeness (QED) is 0.593. The van der Waals surface area contributed by atoms with Crippen molar-refractivity contribution >= 4 is 34.2 Å². The second-order valence-corrected chi connectivity index (χ2v) is 7.31. The molecule has 0 atom stereocenters. The number of hydrogen-bond donors (Lipinski definition) is 1. The van der Waals surface area contributed by atoms with Crippen molar-refractivity contribution in [3.05, 3.63) is 35.1 Å². The zero-order valence-electron chi connectivity index (χ0n) is 16.5. The Kier molecular flexibility index (Phi) is 5.57. The maximum absolute atomic E-state index is 13.1. The summed E-state index contributed by atoms with van der Waals surface area (Å²) < 4.78 is 13.0. The molecule has 0 bridgehead atoms. The van der Waals surface area contributed by atoms with Crippen LogP contribution in [0.15, 0.2) is 29.6 Å². The maximum Gasteiger partial charge on any atom is 0.262 e. The Morgan fingerprint density at radius 1 is 1.24 bits per heavy atom. The third kappa shape index (κ3) is 3.74. The number of fused-ring (bicyclic) bond motifs is 2. The summed E-state index contributed by atoms with van der Waals surface area (Å²) in [7, 11) is 0. The van der Waals surface area contributed by atoms with E-state index in [1.54, 1.807) is 22.8 Å². The predicted octanol–water partition coefficient (Wildman–Crippen LogP) is 1.37. The number of thiocarbonyl (C=S) groups is 1. The van der Waals surface area contributed by atoms with Crippen LogP contribution in [0.1, 0.15) is 6.92 Å². The summed E-state index contributed by atoms with van der Waals surface area (Å²) in [6.45, 7) is 10.8. The van der Waals surface area contributed by atoms with Gasteiger partial charge in [0.1, 0.15) is 13.2 Å². The summed E-state index contributed by atoms with van der Waals surface area (Å²) >= 11 is 5.44. The molecule has 1 saturated heterocycles. The molecule has 4 rings (SSSR count). The number of ether oxygens (including phenoxy) is 2. The fourth-order valence-electron chi connectivity index (χ4n) is 3.65. The SMILES string of the molecule is C=CCNC(=S)N1CCN(c2nc3cc4c(cc3c(=O)n2CC)OCCO4)CC1. The third-order valence-corrected chi connectivity index (χ3v) is 5.56. The van der Waals surface area contributed by atoms with E-state index in [4.69, 9.17) is 26.7 Å². The van der Waals surface area contributed by atoms with Gasteiger partial charge < -0.3 is 24.6 Å². The van der Waals surface area contributed by atoms with Crippen molar-refractivity contribution in [2.45, 2.75) is 13.5 Å². The molecule has 2 aliphatic heterocycles. The number of piperazine rings is 1. The summed E-state index contributed by atoms with van der Waals surface area (Å²) in [6, 6.07) is 3.55. The van der Waals surface area contributed by atoms with E-state index in [1.165, 1.54) is 0 Å². The van der Waals surface area contributed by atoms with Crippen LogP contribution < -0.4 is 25.2 Å². The lowest BCUT2D eigenvalue weighted by Gasteiger charge is -2.37. The zero-order chi connectivity index (χ0) is 20.4. The monoisotopic (exact) mass is 415 g/mol. The Morgan fingerprint density at radius 2 is 1.93 bits per heavy atom. The minimum Gasteiger partial charge on any atom is -0.486 e. The average Bonchev–Trinajstić information content (AvgIpc) is 2.76. The van der Waals surface area contributed by atoms with Crippen LogP contribution in [0.5, 0.6) is 11.5 Å². The highest BCUT2D eigenvalue weighted by Gasteiger charge is 2.24. The first-order valence-electron chi connectivity index (χ1n) is 9.85. The highest BCUT2D eigenvalue weighted by Crippen LogP contribution is 2.33. The molecule has 29 heavy (non-hydrogen) atoms. The molecule has 0 radical (unpaired) electrons. The number of hydrogen-bond acceptors (Lipinski definition) is 6. The summed E-state index contributed by atoms with van der Waals surface area (Å²) in [6.07, 6.45) is 1.79. The molecule has 0 saturated carbocycles. The van der Waals surface area contributed by atoms with Gasteiger partial charge in [0.25, 0.3) is 5.56 Å². The second kappa shape index (κ2) is 8.28. The molecular formula is C20H25N5O3S. The van der Waals surface area contributed by atoms with Crippen LogP contribution in [0.2, 0.25) is 0 Å². The standard InChI is InChI=1S/C20H25N5O3S/c1-3-5-21-20(29)24-8-6-23(7-9-24)19-22-15-13-17-16(27-10-11-28-17)12-14(15)18(26)25(19)4-2/h3,12-13H,1,4-11H2,2H3,(H,21,29). The minimum atomic E-state index is -0.0601. The van der Waals surface area contributed by atoms with Crippen molar-refractivity contribution in [1.82, 2.24) is 19.8 Å². The van der Waals surface area contributed by atoms with E-state index in [0.717, 1.165) is 31.3 Å². The van der Waals surface area contributed by atoms with Gasteiger partial charge in [-0.3, -0.25) is 9.36 Å².